The van der Waals surface area contributed by atoms with Gasteiger partial charge in [-0.25, -0.2) is 0 Å². The van der Waals surface area contributed by atoms with Crippen molar-refractivity contribution >= 4 is 23.5 Å². The molecule has 4 nitrogen and oxygen atoms in total. The van der Waals surface area contributed by atoms with E-state index in [-0.39, 0.29) is 5.11 Å². The van der Waals surface area contributed by atoms with Crippen molar-refractivity contribution in [2.75, 3.05) is 0 Å². The molecule has 1 aromatic heterocycles. The van der Waals surface area contributed by atoms with Crippen LogP contribution in [0.15, 0.2) is 45.9 Å². The highest BCUT2D eigenvalue weighted by molar-refractivity contribution is 7.80. The Morgan fingerprint density at radius 2 is 2.11 bits per heavy atom. The standard InChI is InChI=1S/C13H13N3OS/c1-9-6-7-12(17-9)11-5-3-2-4-10(11)8-15-16-13(14)18/h2-8H,1H3,(H3,14,16,18). The first-order chi connectivity index (χ1) is 8.66. The molecule has 0 saturated carbocycles. The van der Waals surface area contributed by atoms with Crippen LogP contribution >= 0.6 is 12.2 Å². The molecular formula is C13H13N3OS. The van der Waals surface area contributed by atoms with E-state index in [1.54, 1.807) is 6.21 Å². The minimum atomic E-state index is 0.137. The largest absolute Gasteiger partial charge is 0.461 e. The smallest absolute Gasteiger partial charge is 0.184 e. The maximum absolute atomic E-state index is 5.61. The number of benzene rings is 1. The van der Waals surface area contributed by atoms with Crippen LogP contribution < -0.4 is 11.2 Å². The maximum atomic E-state index is 5.61. The molecule has 1 aromatic carbocycles. The van der Waals surface area contributed by atoms with Crippen LogP contribution in [0.5, 0.6) is 0 Å². The third-order valence-corrected chi connectivity index (χ3v) is 2.44. The minimum absolute atomic E-state index is 0.137. The average Bonchev–Trinajstić information content (AvgIpc) is 2.76. The van der Waals surface area contributed by atoms with Crippen molar-refractivity contribution in [1.82, 2.24) is 5.43 Å². The van der Waals surface area contributed by atoms with E-state index in [9.17, 15) is 0 Å². The summed E-state index contributed by atoms with van der Waals surface area (Å²) in [5.74, 6) is 1.68. The Hall–Kier alpha value is -2.14. The second-order valence-electron chi connectivity index (χ2n) is 3.73. The van der Waals surface area contributed by atoms with Gasteiger partial charge in [-0.3, -0.25) is 5.43 Å². The van der Waals surface area contributed by atoms with Gasteiger partial charge in [0.25, 0.3) is 0 Å². The third kappa shape index (κ3) is 2.95. The summed E-state index contributed by atoms with van der Waals surface area (Å²) in [7, 11) is 0. The normalized spacial score (nSPS) is 10.7. The van der Waals surface area contributed by atoms with Crippen LogP contribution in [0, 0.1) is 6.92 Å². The van der Waals surface area contributed by atoms with Crippen LogP contribution in [0.2, 0.25) is 0 Å². The molecule has 0 aliphatic carbocycles. The van der Waals surface area contributed by atoms with Gasteiger partial charge in [-0.2, -0.15) is 5.10 Å². The topological polar surface area (TPSA) is 63.5 Å². The Kier molecular flexibility index (Phi) is 3.74. The van der Waals surface area contributed by atoms with Crippen molar-refractivity contribution in [3.05, 3.63) is 47.7 Å². The Balaban J connectivity index is 2.31. The van der Waals surface area contributed by atoms with Gasteiger partial charge in [-0.05, 0) is 31.3 Å². The molecule has 0 saturated heterocycles. The number of nitrogens with one attached hydrogen (secondary N) is 1. The summed E-state index contributed by atoms with van der Waals surface area (Å²) in [5, 5.41) is 4.09. The van der Waals surface area contributed by atoms with E-state index < -0.39 is 0 Å². The first-order valence-corrected chi connectivity index (χ1v) is 5.82. The first kappa shape index (κ1) is 12.3. The lowest BCUT2D eigenvalue weighted by Gasteiger charge is -2.02. The Labute approximate surface area is 110 Å². The van der Waals surface area contributed by atoms with Crippen molar-refractivity contribution in [1.29, 1.82) is 0 Å². The monoisotopic (exact) mass is 259 g/mol. The van der Waals surface area contributed by atoms with E-state index in [1.807, 2.05) is 43.3 Å². The van der Waals surface area contributed by atoms with Gasteiger partial charge in [-0.1, -0.05) is 24.3 Å². The lowest BCUT2D eigenvalue weighted by atomic mass is 10.1. The molecule has 2 aromatic rings. The second-order valence-corrected chi connectivity index (χ2v) is 4.17. The van der Waals surface area contributed by atoms with Crippen LogP contribution in [0.1, 0.15) is 11.3 Å². The molecule has 1 heterocycles. The van der Waals surface area contributed by atoms with Gasteiger partial charge in [0.2, 0.25) is 0 Å². The molecule has 92 valence electrons. The second kappa shape index (κ2) is 5.46. The van der Waals surface area contributed by atoms with E-state index in [0.29, 0.717) is 0 Å². The maximum Gasteiger partial charge on any atom is 0.184 e. The fourth-order valence-corrected chi connectivity index (χ4v) is 1.63. The molecule has 0 unspecified atom stereocenters. The third-order valence-electron chi connectivity index (χ3n) is 2.34. The predicted octanol–water partition coefficient (Wildman–Crippen LogP) is 2.42. The zero-order chi connectivity index (χ0) is 13.0. The number of thiocarbonyl (C=S) groups is 1. The summed E-state index contributed by atoms with van der Waals surface area (Å²) in [6.45, 7) is 1.91. The summed E-state index contributed by atoms with van der Waals surface area (Å²) >= 11 is 4.67. The number of hydrazone groups is 1. The lowest BCUT2D eigenvalue weighted by Crippen LogP contribution is -2.24. The summed E-state index contributed by atoms with van der Waals surface area (Å²) in [6, 6.07) is 11.7. The van der Waals surface area contributed by atoms with Crippen molar-refractivity contribution < 1.29 is 4.42 Å². The van der Waals surface area contributed by atoms with Gasteiger partial charge >= 0.3 is 0 Å². The van der Waals surface area contributed by atoms with Gasteiger partial charge in [0.15, 0.2) is 5.11 Å². The van der Waals surface area contributed by atoms with Crippen molar-refractivity contribution in [2.45, 2.75) is 6.92 Å². The Morgan fingerprint density at radius 3 is 2.78 bits per heavy atom. The molecule has 18 heavy (non-hydrogen) atoms. The van der Waals surface area contributed by atoms with Gasteiger partial charge in [0.05, 0.1) is 6.21 Å². The molecule has 0 radical (unpaired) electrons. The van der Waals surface area contributed by atoms with Gasteiger partial charge in [-0.15, -0.1) is 0 Å². The van der Waals surface area contributed by atoms with Gasteiger partial charge < -0.3 is 10.2 Å². The van der Waals surface area contributed by atoms with Gasteiger partial charge in [0.1, 0.15) is 11.5 Å². The molecule has 0 amide bonds. The number of aryl methyl sites for hydroxylation is 1. The molecule has 5 heteroatoms. The van der Waals surface area contributed by atoms with Crippen LogP contribution in [0.3, 0.4) is 0 Å². The molecule has 0 aliphatic rings. The molecule has 0 atom stereocenters. The van der Waals surface area contributed by atoms with E-state index in [1.165, 1.54) is 0 Å². The molecular weight excluding hydrogens is 246 g/mol. The fraction of sp³-hybridized carbons (Fsp3) is 0.0769. The molecule has 3 N–H and O–H groups in total. The van der Waals surface area contributed by atoms with Crippen LogP contribution in [-0.2, 0) is 0 Å². The predicted molar refractivity (Wildman–Crippen MR) is 76.4 cm³/mol. The SMILES string of the molecule is Cc1ccc(-c2ccccc2C=NNC(N)=S)o1. The summed E-state index contributed by atoms with van der Waals surface area (Å²) in [6.07, 6.45) is 1.66. The number of nitrogens with two attached hydrogens (primary N) is 1. The van der Waals surface area contributed by atoms with Crippen LogP contribution in [0.4, 0.5) is 0 Å². The summed E-state index contributed by atoms with van der Waals surface area (Å²) < 4.78 is 5.61. The Morgan fingerprint density at radius 1 is 1.33 bits per heavy atom. The van der Waals surface area contributed by atoms with E-state index in [4.69, 9.17) is 10.2 Å². The summed E-state index contributed by atoms with van der Waals surface area (Å²) in [5.41, 5.74) is 9.72. The fourth-order valence-electron chi connectivity index (χ4n) is 1.58. The quantitative estimate of drug-likeness (QED) is 0.505. The number of hydrogen-bond acceptors (Lipinski definition) is 3. The van der Waals surface area contributed by atoms with Crippen molar-refractivity contribution in [3.63, 3.8) is 0 Å². The zero-order valence-electron chi connectivity index (χ0n) is 9.88. The molecule has 0 bridgehead atoms. The highest BCUT2D eigenvalue weighted by Gasteiger charge is 2.06. The van der Waals surface area contributed by atoms with Gasteiger partial charge in [0, 0.05) is 11.1 Å². The van der Waals surface area contributed by atoms with E-state index >= 15 is 0 Å². The number of nitrogens with zero attached hydrogens (tertiary/aromatic N) is 1. The van der Waals surface area contributed by atoms with E-state index in [0.717, 1.165) is 22.6 Å². The molecule has 0 spiro atoms. The van der Waals surface area contributed by atoms with Crippen LogP contribution in [0.25, 0.3) is 11.3 Å². The van der Waals surface area contributed by atoms with Crippen molar-refractivity contribution in [3.8, 4) is 11.3 Å². The molecule has 0 aliphatic heterocycles. The zero-order valence-corrected chi connectivity index (χ0v) is 10.7. The highest BCUT2D eigenvalue weighted by atomic mass is 32.1. The van der Waals surface area contributed by atoms with E-state index in [2.05, 4.69) is 22.7 Å². The number of furan rings is 1. The molecule has 0 fully saturated rings. The minimum Gasteiger partial charge on any atom is -0.461 e. The summed E-state index contributed by atoms with van der Waals surface area (Å²) in [4.78, 5) is 0. The van der Waals surface area contributed by atoms with Crippen LogP contribution in [-0.4, -0.2) is 11.3 Å². The average molecular weight is 259 g/mol. The first-order valence-electron chi connectivity index (χ1n) is 5.41. The molecule has 2 rings (SSSR count). The number of rotatable bonds is 3. The number of hydrogen-bond donors (Lipinski definition) is 2. The lowest BCUT2D eigenvalue weighted by molar-refractivity contribution is 0.548. The Bertz CT molecular complexity index is 589. The van der Waals surface area contributed by atoms with Crippen molar-refractivity contribution in [2.24, 2.45) is 10.8 Å². The highest BCUT2D eigenvalue weighted by Crippen LogP contribution is 2.24.